The smallest absolute Gasteiger partial charge is 0.289 e. The quantitative estimate of drug-likeness (QED) is 0.622. The van der Waals surface area contributed by atoms with E-state index in [4.69, 9.17) is 0 Å². The first-order valence-electron chi connectivity index (χ1n) is 11.2. The number of aliphatic imine (C=N–C) groups is 2. The number of amides is 3. The van der Waals surface area contributed by atoms with Gasteiger partial charge >= 0.3 is 0 Å². The van der Waals surface area contributed by atoms with Gasteiger partial charge in [-0.1, -0.05) is 78.9 Å². The molecule has 1 heterocycles. The number of amidine groups is 1. The summed E-state index contributed by atoms with van der Waals surface area (Å²) in [5.74, 6) is -1.94. The monoisotopic (exact) mass is 454 g/mol. The second-order valence-electron chi connectivity index (χ2n) is 8.16. The Balaban J connectivity index is 1.33. The van der Waals surface area contributed by atoms with Crippen LogP contribution in [0.2, 0.25) is 0 Å². The first kappa shape index (κ1) is 23.0. The molecule has 3 amide bonds. The molecular weight excluding hydrogens is 428 g/mol. The molecule has 2 aromatic carbocycles. The van der Waals surface area contributed by atoms with Crippen LogP contribution in [-0.4, -0.2) is 54.3 Å². The molecule has 1 aliphatic heterocycles. The molecule has 0 bridgehead atoms. The molecule has 0 radical (unpaired) electrons. The van der Waals surface area contributed by atoms with Crippen molar-refractivity contribution in [2.24, 2.45) is 15.9 Å². The van der Waals surface area contributed by atoms with Gasteiger partial charge in [0.25, 0.3) is 11.8 Å². The molecule has 7 nitrogen and oxygen atoms in total. The lowest BCUT2D eigenvalue weighted by atomic mass is 9.90. The molecule has 0 saturated carbocycles. The van der Waals surface area contributed by atoms with E-state index in [-0.39, 0.29) is 11.7 Å². The van der Waals surface area contributed by atoms with Gasteiger partial charge < -0.3 is 10.2 Å². The van der Waals surface area contributed by atoms with Gasteiger partial charge in [-0.15, -0.1) is 0 Å². The minimum atomic E-state index is -0.511. The largest absolute Gasteiger partial charge is 0.349 e. The van der Waals surface area contributed by atoms with E-state index in [2.05, 4.69) is 15.3 Å². The summed E-state index contributed by atoms with van der Waals surface area (Å²) in [5, 5.41) is 2.75. The second-order valence-corrected chi connectivity index (χ2v) is 8.16. The molecule has 7 heteroatoms. The van der Waals surface area contributed by atoms with E-state index in [9.17, 15) is 14.4 Å². The van der Waals surface area contributed by atoms with Gasteiger partial charge in [-0.05, 0) is 23.6 Å². The molecular formula is C27H26N4O3. The summed E-state index contributed by atoms with van der Waals surface area (Å²) >= 11 is 0. The zero-order valence-electron chi connectivity index (χ0n) is 18.9. The average Bonchev–Trinajstić information content (AvgIpc) is 2.87. The van der Waals surface area contributed by atoms with E-state index in [1.54, 1.807) is 36.3 Å². The van der Waals surface area contributed by atoms with Crippen molar-refractivity contribution in [2.45, 2.75) is 12.3 Å². The van der Waals surface area contributed by atoms with E-state index >= 15 is 0 Å². The average molecular weight is 455 g/mol. The highest BCUT2D eigenvalue weighted by atomic mass is 16.2. The van der Waals surface area contributed by atoms with E-state index in [1.807, 2.05) is 60.7 Å². The highest BCUT2D eigenvalue weighted by Crippen LogP contribution is 2.26. The zero-order valence-corrected chi connectivity index (χ0v) is 18.9. The van der Waals surface area contributed by atoms with E-state index < -0.39 is 23.7 Å². The molecule has 1 unspecified atom stereocenters. The summed E-state index contributed by atoms with van der Waals surface area (Å²) in [6.45, 7) is 0.792. The summed E-state index contributed by atoms with van der Waals surface area (Å²) in [4.78, 5) is 47.7. The third-order valence-electron chi connectivity index (χ3n) is 5.77. The van der Waals surface area contributed by atoms with Crippen molar-refractivity contribution in [3.05, 3.63) is 96.1 Å². The number of nitrogens with one attached hydrogen (secondary N) is 1. The van der Waals surface area contributed by atoms with Crippen LogP contribution in [0.25, 0.3) is 0 Å². The number of benzene rings is 2. The Morgan fingerprint density at radius 3 is 2.26 bits per heavy atom. The van der Waals surface area contributed by atoms with E-state index in [1.165, 1.54) is 0 Å². The van der Waals surface area contributed by atoms with Crippen molar-refractivity contribution in [1.82, 2.24) is 10.2 Å². The maximum Gasteiger partial charge on any atom is 0.289 e. The predicted molar refractivity (Wildman–Crippen MR) is 132 cm³/mol. The van der Waals surface area contributed by atoms with Crippen LogP contribution in [-0.2, 0) is 14.4 Å². The number of rotatable bonds is 8. The molecule has 0 saturated heterocycles. The van der Waals surface area contributed by atoms with Crippen LogP contribution in [0, 0.1) is 5.92 Å². The molecule has 34 heavy (non-hydrogen) atoms. The fourth-order valence-corrected chi connectivity index (χ4v) is 3.97. The highest BCUT2D eigenvalue weighted by molar-refractivity contribution is 6.44. The number of allylic oxidation sites excluding steroid dienone is 3. The number of carbonyl (C=O) groups is 3. The van der Waals surface area contributed by atoms with Crippen molar-refractivity contribution >= 4 is 29.3 Å². The Kier molecular flexibility index (Phi) is 7.22. The first-order chi connectivity index (χ1) is 16.5. The van der Waals surface area contributed by atoms with Gasteiger partial charge in [-0.25, -0.2) is 4.99 Å². The Morgan fingerprint density at radius 1 is 0.971 bits per heavy atom. The van der Waals surface area contributed by atoms with E-state index in [0.717, 1.165) is 11.1 Å². The van der Waals surface area contributed by atoms with Gasteiger partial charge in [0, 0.05) is 20.1 Å². The molecule has 0 fully saturated rings. The minimum Gasteiger partial charge on any atom is -0.349 e. The van der Waals surface area contributed by atoms with Gasteiger partial charge in [-0.2, -0.15) is 4.99 Å². The van der Waals surface area contributed by atoms with Crippen molar-refractivity contribution in [1.29, 1.82) is 0 Å². The number of likely N-dealkylation sites (N-methyl/N-ethyl adjacent to an activating group) is 1. The number of hydrogen-bond donors (Lipinski definition) is 1. The fraction of sp³-hybridized carbons (Fsp3) is 0.222. The van der Waals surface area contributed by atoms with Crippen LogP contribution in [0.4, 0.5) is 0 Å². The predicted octanol–water partition coefficient (Wildman–Crippen LogP) is 2.91. The van der Waals surface area contributed by atoms with Gasteiger partial charge in [0.05, 0.1) is 11.6 Å². The van der Waals surface area contributed by atoms with Gasteiger partial charge in [0.1, 0.15) is 5.92 Å². The zero-order chi connectivity index (χ0) is 23.9. The van der Waals surface area contributed by atoms with Crippen LogP contribution in [0.3, 0.4) is 0 Å². The third-order valence-corrected chi connectivity index (χ3v) is 5.77. The van der Waals surface area contributed by atoms with Gasteiger partial charge in [0.15, 0.2) is 0 Å². The minimum absolute atomic E-state index is 0.0134. The molecule has 1 atom stereocenters. The van der Waals surface area contributed by atoms with E-state index in [0.29, 0.717) is 25.2 Å². The number of fused-ring (bicyclic) bond motifs is 1. The molecule has 4 rings (SSSR count). The summed E-state index contributed by atoms with van der Waals surface area (Å²) in [5.41, 5.74) is 2.39. The van der Waals surface area contributed by atoms with Gasteiger partial charge in [-0.3, -0.25) is 14.4 Å². The van der Waals surface area contributed by atoms with Crippen molar-refractivity contribution in [3.63, 3.8) is 0 Å². The maximum atomic E-state index is 13.3. The van der Waals surface area contributed by atoms with Crippen molar-refractivity contribution in [3.8, 4) is 0 Å². The van der Waals surface area contributed by atoms with Crippen LogP contribution in [0.5, 0.6) is 0 Å². The second kappa shape index (κ2) is 10.7. The summed E-state index contributed by atoms with van der Waals surface area (Å²) in [6, 6.07) is 19.4. The normalized spacial score (nSPS) is 16.5. The maximum absolute atomic E-state index is 13.3. The standard InChI is InChI=1S/C27H26N4O3/c1-31(27(34)23(19-11-4-2-5-12-19)20-13-6-3-7-14-20)18-10-17-28-26(33)24-29-22-16-9-8-15-21(22)25(32)30-24/h2-9,11-16,21,23H,10,17-18H2,1H3,(H,28,33). The molecule has 172 valence electrons. The lowest BCUT2D eigenvalue weighted by molar-refractivity contribution is -0.130. The lowest BCUT2D eigenvalue weighted by Crippen LogP contribution is -2.38. The van der Waals surface area contributed by atoms with Crippen LogP contribution in [0.15, 0.2) is 95.0 Å². The first-order valence-corrected chi connectivity index (χ1v) is 11.2. The van der Waals surface area contributed by atoms with Crippen LogP contribution < -0.4 is 5.32 Å². The van der Waals surface area contributed by atoms with Crippen LogP contribution >= 0.6 is 0 Å². The fourth-order valence-electron chi connectivity index (χ4n) is 3.97. The molecule has 0 aromatic heterocycles. The molecule has 2 aliphatic rings. The Labute approximate surface area is 198 Å². The lowest BCUT2D eigenvalue weighted by Gasteiger charge is -2.25. The van der Waals surface area contributed by atoms with Crippen molar-refractivity contribution in [2.75, 3.05) is 20.1 Å². The number of hydrogen-bond acceptors (Lipinski definition) is 4. The summed E-state index contributed by atoms with van der Waals surface area (Å²) < 4.78 is 0. The summed E-state index contributed by atoms with van der Waals surface area (Å²) in [6.07, 6.45) is 7.51. The SMILES string of the molecule is CN(CCCNC(=O)C1=NC(=O)C2C=CC=CC2=N1)C(=O)C(c1ccccc1)c1ccccc1. The van der Waals surface area contributed by atoms with Gasteiger partial charge in [0.2, 0.25) is 11.7 Å². The number of nitrogens with zero attached hydrogens (tertiary/aromatic N) is 3. The third kappa shape index (κ3) is 5.26. The Bertz CT molecular complexity index is 1140. The molecule has 0 spiro atoms. The summed E-state index contributed by atoms with van der Waals surface area (Å²) in [7, 11) is 1.77. The topological polar surface area (TPSA) is 91.2 Å². The molecule has 1 N–H and O–H groups in total. The molecule has 2 aromatic rings. The van der Waals surface area contributed by atoms with Crippen molar-refractivity contribution < 1.29 is 14.4 Å². The Hall–Kier alpha value is -4.13. The highest BCUT2D eigenvalue weighted by Gasteiger charge is 2.29. The van der Waals surface area contributed by atoms with Crippen LogP contribution in [0.1, 0.15) is 23.5 Å². The molecule has 1 aliphatic carbocycles. The number of carbonyl (C=O) groups excluding carboxylic acids is 3. The Morgan fingerprint density at radius 2 is 1.62 bits per heavy atom.